The highest BCUT2D eigenvalue weighted by Gasteiger charge is 2.24. The van der Waals surface area contributed by atoms with E-state index in [-0.39, 0.29) is 12.2 Å². The van der Waals surface area contributed by atoms with Gasteiger partial charge >= 0.3 is 0 Å². The summed E-state index contributed by atoms with van der Waals surface area (Å²) in [6.45, 7) is 2.03. The van der Waals surface area contributed by atoms with Gasteiger partial charge in [-0.3, -0.25) is 9.59 Å². The molecule has 1 unspecified atom stereocenters. The van der Waals surface area contributed by atoms with Crippen molar-refractivity contribution in [2.24, 2.45) is 0 Å². The van der Waals surface area contributed by atoms with Crippen molar-refractivity contribution >= 4 is 43.3 Å². The van der Waals surface area contributed by atoms with Crippen molar-refractivity contribution in [3.8, 4) is 0 Å². The molecule has 6 nitrogen and oxygen atoms in total. The van der Waals surface area contributed by atoms with E-state index in [2.05, 4.69) is 26.6 Å². The lowest BCUT2D eigenvalue weighted by molar-refractivity contribution is -0.118. The molecule has 1 atom stereocenters. The summed E-state index contributed by atoms with van der Waals surface area (Å²) in [5.74, 6) is -1.13. The van der Waals surface area contributed by atoms with Gasteiger partial charge in [-0.05, 0) is 58.6 Å². The molecule has 0 aromatic heterocycles. The van der Waals surface area contributed by atoms with Gasteiger partial charge in [-0.25, -0.2) is 8.42 Å². The van der Waals surface area contributed by atoms with Crippen LogP contribution < -0.4 is 10.6 Å². The zero-order valence-electron chi connectivity index (χ0n) is 15.7. The Balaban J connectivity index is 2.16. The molecule has 8 heteroatoms. The number of rotatable bonds is 8. The summed E-state index contributed by atoms with van der Waals surface area (Å²) in [5, 5.41) is 5.38. The summed E-state index contributed by atoms with van der Waals surface area (Å²) >= 11 is 3.30. The zero-order chi connectivity index (χ0) is 20.7. The number of halogens is 1. The fourth-order valence-corrected chi connectivity index (χ4v) is 3.66. The highest BCUT2D eigenvalue weighted by Crippen LogP contribution is 2.16. The molecule has 0 bridgehead atoms. The highest BCUT2D eigenvalue weighted by molar-refractivity contribution is 9.10. The van der Waals surface area contributed by atoms with Crippen LogP contribution in [0.3, 0.4) is 0 Å². The lowest BCUT2D eigenvalue weighted by Crippen LogP contribution is -2.44. The van der Waals surface area contributed by atoms with Crippen LogP contribution >= 0.6 is 15.9 Å². The second-order valence-corrected chi connectivity index (χ2v) is 9.58. The summed E-state index contributed by atoms with van der Waals surface area (Å²) in [6, 6.07) is 13.2. The molecule has 0 heterocycles. The number of anilines is 1. The molecule has 28 heavy (non-hydrogen) atoms. The van der Waals surface area contributed by atoms with Gasteiger partial charge in [0.15, 0.2) is 0 Å². The molecule has 0 aliphatic rings. The largest absolute Gasteiger partial charge is 0.340 e. The van der Waals surface area contributed by atoms with Gasteiger partial charge in [0, 0.05) is 16.4 Å². The molecular formula is C20H23BrN2O4S. The van der Waals surface area contributed by atoms with Crippen LogP contribution in [0.25, 0.3) is 0 Å². The third-order valence-corrected chi connectivity index (χ3v) is 5.82. The number of amides is 2. The Kier molecular flexibility index (Phi) is 7.77. The smallest absolute Gasteiger partial charge is 0.253 e. The number of benzene rings is 2. The maximum Gasteiger partial charge on any atom is 0.253 e. The van der Waals surface area contributed by atoms with E-state index in [0.29, 0.717) is 15.7 Å². The monoisotopic (exact) mass is 466 g/mol. The first kappa shape index (κ1) is 22.1. The standard InChI is InChI=1S/C20H23BrN2O4S/c1-3-14-8-10-15(11-9-14)22-20(25)18(12-13-28(2,26)27)23-19(24)16-6-4-5-7-17(16)21/h4-11,18H,3,12-13H2,1-2H3,(H,22,25)(H,23,24). The first-order valence-electron chi connectivity index (χ1n) is 8.82. The minimum absolute atomic E-state index is 0.0199. The molecule has 0 saturated carbocycles. The van der Waals surface area contributed by atoms with E-state index in [1.807, 2.05) is 19.1 Å². The van der Waals surface area contributed by atoms with Crippen molar-refractivity contribution in [3.63, 3.8) is 0 Å². The van der Waals surface area contributed by atoms with Crippen molar-refractivity contribution < 1.29 is 18.0 Å². The minimum Gasteiger partial charge on any atom is -0.340 e. The van der Waals surface area contributed by atoms with Gasteiger partial charge in [0.05, 0.1) is 11.3 Å². The van der Waals surface area contributed by atoms with E-state index < -0.39 is 27.7 Å². The number of nitrogens with one attached hydrogen (secondary N) is 2. The molecule has 2 aromatic rings. The number of carbonyl (C=O) groups is 2. The summed E-state index contributed by atoms with van der Waals surface area (Å²) in [4.78, 5) is 25.3. The quantitative estimate of drug-likeness (QED) is 0.624. The molecular weight excluding hydrogens is 444 g/mol. The van der Waals surface area contributed by atoms with Crippen LogP contribution in [-0.2, 0) is 21.1 Å². The molecule has 2 N–H and O–H groups in total. The fraction of sp³-hybridized carbons (Fsp3) is 0.300. The molecule has 0 fully saturated rings. The number of sulfone groups is 1. The van der Waals surface area contributed by atoms with Crippen LogP contribution in [0.15, 0.2) is 53.0 Å². The van der Waals surface area contributed by atoms with Crippen LogP contribution in [0.2, 0.25) is 0 Å². The van der Waals surface area contributed by atoms with E-state index in [1.165, 1.54) is 0 Å². The van der Waals surface area contributed by atoms with Crippen molar-refractivity contribution in [3.05, 3.63) is 64.1 Å². The van der Waals surface area contributed by atoms with Gasteiger partial charge in [0.2, 0.25) is 5.91 Å². The summed E-state index contributed by atoms with van der Waals surface area (Å²) in [7, 11) is -3.28. The lowest BCUT2D eigenvalue weighted by atomic mass is 10.1. The predicted octanol–water partition coefficient (Wildman–Crippen LogP) is 3.18. The molecule has 0 aliphatic heterocycles. The van der Waals surface area contributed by atoms with Crippen molar-refractivity contribution in [1.82, 2.24) is 5.32 Å². The van der Waals surface area contributed by atoms with Gasteiger partial charge in [-0.2, -0.15) is 0 Å². The molecule has 2 amide bonds. The third-order valence-electron chi connectivity index (χ3n) is 4.15. The Morgan fingerprint density at radius 1 is 1.07 bits per heavy atom. The SMILES string of the molecule is CCc1ccc(NC(=O)C(CCS(C)(=O)=O)NC(=O)c2ccccc2Br)cc1. The van der Waals surface area contributed by atoms with E-state index >= 15 is 0 Å². The zero-order valence-corrected chi connectivity index (χ0v) is 18.1. The molecule has 0 aliphatic carbocycles. The summed E-state index contributed by atoms with van der Waals surface area (Å²) in [5.41, 5.74) is 2.09. The molecule has 0 spiro atoms. The van der Waals surface area contributed by atoms with Crippen LogP contribution in [0.4, 0.5) is 5.69 Å². The second kappa shape index (κ2) is 9.84. The lowest BCUT2D eigenvalue weighted by Gasteiger charge is -2.19. The van der Waals surface area contributed by atoms with Crippen LogP contribution in [-0.4, -0.2) is 38.3 Å². The number of carbonyl (C=O) groups excluding carboxylic acids is 2. The van der Waals surface area contributed by atoms with E-state index in [0.717, 1.165) is 18.2 Å². The van der Waals surface area contributed by atoms with Gasteiger partial charge in [-0.15, -0.1) is 0 Å². The molecule has 0 saturated heterocycles. The third kappa shape index (κ3) is 6.76. The molecule has 150 valence electrons. The Labute approximate surface area is 173 Å². The van der Waals surface area contributed by atoms with E-state index in [4.69, 9.17) is 0 Å². The van der Waals surface area contributed by atoms with Gasteiger partial charge in [0.1, 0.15) is 15.9 Å². The Morgan fingerprint density at radius 3 is 2.29 bits per heavy atom. The minimum atomic E-state index is -3.28. The normalized spacial score (nSPS) is 12.2. The topological polar surface area (TPSA) is 92.3 Å². The number of aryl methyl sites for hydroxylation is 1. The first-order chi connectivity index (χ1) is 13.2. The Hall–Kier alpha value is -2.19. The summed E-state index contributed by atoms with van der Waals surface area (Å²) < 4.78 is 23.7. The Bertz CT molecular complexity index is 943. The van der Waals surface area contributed by atoms with Crippen LogP contribution in [0.1, 0.15) is 29.3 Å². The molecule has 2 rings (SSSR count). The highest BCUT2D eigenvalue weighted by atomic mass is 79.9. The van der Waals surface area contributed by atoms with Crippen LogP contribution in [0.5, 0.6) is 0 Å². The van der Waals surface area contributed by atoms with Gasteiger partial charge < -0.3 is 10.6 Å². The maximum absolute atomic E-state index is 12.7. The summed E-state index contributed by atoms with van der Waals surface area (Å²) in [6.07, 6.45) is 1.96. The predicted molar refractivity (Wildman–Crippen MR) is 114 cm³/mol. The average Bonchev–Trinajstić information content (AvgIpc) is 2.65. The number of hydrogen-bond donors (Lipinski definition) is 2. The fourth-order valence-electron chi connectivity index (χ4n) is 2.54. The van der Waals surface area contributed by atoms with Crippen molar-refractivity contribution in [2.75, 3.05) is 17.3 Å². The van der Waals surface area contributed by atoms with Crippen LogP contribution in [0, 0.1) is 0 Å². The van der Waals surface area contributed by atoms with Crippen molar-refractivity contribution in [1.29, 1.82) is 0 Å². The van der Waals surface area contributed by atoms with E-state index in [9.17, 15) is 18.0 Å². The average molecular weight is 467 g/mol. The first-order valence-corrected chi connectivity index (χ1v) is 11.7. The van der Waals surface area contributed by atoms with E-state index in [1.54, 1.807) is 36.4 Å². The molecule has 2 aromatic carbocycles. The number of hydrogen-bond acceptors (Lipinski definition) is 4. The van der Waals surface area contributed by atoms with Gasteiger partial charge in [-0.1, -0.05) is 31.2 Å². The molecule has 0 radical (unpaired) electrons. The second-order valence-electron chi connectivity index (χ2n) is 6.46. The maximum atomic E-state index is 12.7. The van der Waals surface area contributed by atoms with Crippen molar-refractivity contribution in [2.45, 2.75) is 25.8 Å². The van der Waals surface area contributed by atoms with Gasteiger partial charge in [0.25, 0.3) is 5.91 Å². The Morgan fingerprint density at radius 2 is 1.71 bits per heavy atom.